The smallest absolute Gasteiger partial charge is 0.261 e. The number of rotatable bonds is 4. The minimum absolute atomic E-state index is 0.0679. The standard InChI is InChI=1S/C18H15NO3S/c1-13(20)15-7-4-8-18(12-15)23(21,22)19-17-10-9-14-5-2-3-6-16(14)11-17/h2-12,19H,1H3. The lowest BCUT2D eigenvalue weighted by Gasteiger charge is -2.10. The Morgan fingerprint density at radius 3 is 2.35 bits per heavy atom. The number of hydrogen-bond acceptors (Lipinski definition) is 3. The molecule has 0 amide bonds. The van der Waals surface area contributed by atoms with Crippen LogP contribution in [0.15, 0.2) is 71.6 Å². The van der Waals surface area contributed by atoms with Gasteiger partial charge in [-0.15, -0.1) is 0 Å². The Morgan fingerprint density at radius 2 is 1.61 bits per heavy atom. The summed E-state index contributed by atoms with van der Waals surface area (Å²) in [5, 5.41) is 1.99. The van der Waals surface area contributed by atoms with Crippen LogP contribution in [0.25, 0.3) is 10.8 Å². The number of benzene rings is 3. The molecular weight excluding hydrogens is 310 g/mol. The first-order valence-electron chi connectivity index (χ1n) is 7.08. The molecule has 23 heavy (non-hydrogen) atoms. The van der Waals surface area contributed by atoms with Crippen LogP contribution in [0, 0.1) is 0 Å². The second-order valence-corrected chi connectivity index (χ2v) is 6.93. The van der Waals surface area contributed by atoms with Crippen LogP contribution >= 0.6 is 0 Å². The molecular formula is C18H15NO3S. The monoisotopic (exact) mass is 325 g/mol. The number of carbonyl (C=O) groups excluding carboxylic acids is 1. The molecule has 3 aromatic carbocycles. The Morgan fingerprint density at radius 1 is 0.870 bits per heavy atom. The van der Waals surface area contributed by atoms with Crippen molar-refractivity contribution in [1.29, 1.82) is 0 Å². The molecule has 0 aromatic heterocycles. The van der Waals surface area contributed by atoms with Gasteiger partial charge < -0.3 is 0 Å². The topological polar surface area (TPSA) is 63.2 Å². The van der Waals surface area contributed by atoms with E-state index in [0.717, 1.165) is 10.8 Å². The third-order valence-corrected chi connectivity index (χ3v) is 4.93. The Kier molecular flexibility index (Phi) is 3.88. The predicted octanol–water partition coefficient (Wildman–Crippen LogP) is 3.84. The molecule has 3 aromatic rings. The Bertz CT molecular complexity index is 994. The third kappa shape index (κ3) is 3.24. The molecule has 3 rings (SSSR count). The van der Waals surface area contributed by atoms with Gasteiger partial charge in [0.25, 0.3) is 10.0 Å². The summed E-state index contributed by atoms with van der Waals surface area (Å²) < 4.78 is 27.5. The van der Waals surface area contributed by atoms with E-state index >= 15 is 0 Å². The van der Waals surface area contributed by atoms with Gasteiger partial charge in [0, 0.05) is 11.3 Å². The van der Waals surface area contributed by atoms with Crippen LogP contribution in [0.5, 0.6) is 0 Å². The molecule has 0 aliphatic carbocycles. The van der Waals surface area contributed by atoms with E-state index in [1.54, 1.807) is 24.3 Å². The van der Waals surface area contributed by atoms with Crippen molar-refractivity contribution in [3.8, 4) is 0 Å². The zero-order valence-corrected chi connectivity index (χ0v) is 13.3. The van der Waals surface area contributed by atoms with Crippen molar-refractivity contribution in [3.05, 3.63) is 72.3 Å². The zero-order valence-electron chi connectivity index (χ0n) is 12.5. The van der Waals surface area contributed by atoms with Gasteiger partial charge in [-0.05, 0) is 42.0 Å². The minimum Gasteiger partial charge on any atom is -0.295 e. The van der Waals surface area contributed by atoms with Crippen molar-refractivity contribution in [2.24, 2.45) is 0 Å². The maximum Gasteiger partial charge on any atom is 0.261 e. The van der Waals surface area contributed by atoms with Gasteiger partial charge in [-0.25, -0.2) is 8.42 Å². The minimum atomic E-state index is -3.74. The Labute approximate surface area is 134 Å². The van der Waals surface area contributed by atoms with Crippen molar-refractivity contribution < 1.29 is 13.2 Å². The number of nitrogens with one attached hydrogen (secondary N) is 1. The molecule has 0 heterocycles. The second kappa shape index (κ2) is 5.85. The molecule has 1 N–H and O–H groups in total. The molecule has 4 nitrogen and oxygen atoms in total. The van der Waals surface area contributed by atoms with Crippen LogP contribution in [0.4, 0.5) is 5.69 Å². The number of hydrogen-bond donors (Lipinski definition) is 1. The lowest BCUT2D eigenvalue weighted by molar-refractivity contribution is 0.101. The fraction of sp³-hybridized carbons (Fsp3) is 0.0556. The summed E-state index contributed by atoms with van der Waals surface area (Å²) in [6.07, 6.45) is 0. The number of sulfonamides is 1. The lowest BCUT2D eigenvalue weighted by Crippen LogP contribution is -2.13. The average molecular weight is 325 g/mol. The molecule has 0 aliphatic heterocycles. The summed E-state index contributed by atoms with van der Waals surface area (Å²) in [5.74, 6) is -0.173. The average Bonchev–Trinajstić information content (AvgIpc) is 2.54. The molecule has 0 bridgehead atoms. The SMILES string of the molecule is CC(=O)c1cccc(S(=O)(=O)Nc2ccc3ccccc3c2)c1. The van der Waals surface area contributed by atoms with Gasteiger partial charge in [0.1, 0.15) is 0 Å². The summed E-state index contributed by atoms with van der Waals surface area (Å²) in [6.45, 7) is 1.41. The van der Waals surface area contributed by atoms with Gasteiger partial charge >= 0.3 is 0 Å². The van der Waals surface area contributed by atoms with E-state index in [1.807, 2.05) is 30.3 Å². The summed E-state index contributed by atoms with van der Waals surface area (Å²) in [6, 6.07) is 19.1. The Balaban J connectivity index is 1.96. The van der Waals surface area contributed by atoms with Crippen molar-refractivity contribution >= 4 is 32.3 Å². The van der Waals surface area contributed by atoms with Crippen LogP contribution in [-0.2, 0) is 10.0 Å². The fourth-order valence-corrected chi connectivity index (χ4v) is 3.44. The van der Waals surface area contributed by atoms with Crippen LogP contribution in [0.2, 0.25) is 0 Å². The highest BCUT2D eigenvalue weighted by molar-refractivity contribution is 7.92. The first-order valence-corrected chi connectivity index (χ1v) is 8.57. The maximum atomic E-state index is 12.5. The predicted molar refractivity (Wildman–Crippen MR) is 91.2 cm³/mol. The molecule has 116 valence electrons. The molecule has 0 aliphatic rings. The molecule has 0 unspecified atom stereocenters. The van der Waals surface area contributed by atoms with Crippen molar-refractivity contribution in [2.45, 2.75) is 11.8 Å². The zero-order chi connectivity index (χ0) is 16.4. The van der Waals surface area contributed by atoms with Gasteiger partial charge in [-0.2, -0.15) is 0 Å². The fourth-order valence-electron chi connectivity index (χ4n) is 2.35. The van der Waals surface area contributed by atoms with E-state index in [1.165, 1.54) is 19.1 Å². The summed E-state index contributed by atoms with van der Waals surface area (Å²) in [5.41, 5.74) is 0.850. The summed E-state index contributed by atoms with van der Waals surface area (Å²) in [7, 11) is -3.74. The van der Waals surface area contributed by atoms with Gasteiger partial charge in [0.15, 0.2) is 5.78 Å². The molecule has 0 fully saturated rings. The highest BCUT2D eigenvalue weighted by Crippen LogP contribution is 2.22. The highest BCUT2D eigenvalue weighted by Gasteiger charge is 2.15. The van der Waals surface area contributed by atoms with Gasteiger partial charge in [-0.3, -0.25) is 9.52 Å². The van der Waals surface area contributed by atoms with Gasteiger partial charge in [0.05, 0.1) is 4.90 Å². The van der Waals surface area contributed by atoms with Crippen molar-refractivity contribution in [2.75, 3.05) is 4.72 Å². The molecule has 0 atom stereocenters. The number of fused-ring (bicyclic) bond motifs is 1. The lowest BCUT2D eigenvalue weighted by atomic mass is 10.1. The van der Waals surface area contributed by atoms with Crippen LogP contribution in [-0.4, -0.2) is 14.2 Å². The van der Waals surface area contributed by atoms with E-state index in [-0.39, 0.29) is 10.7 Å². The van der Waals surface area contributed by atoms with E-state index < -0.39 is 10.0 Å². The van der Waals surface area contributed by atoms with Crippen LogP contribution in [0.3, 0.4) is 0 Å². The first-order chi connectivity index (χ1) is 11.0. The Hall–Kier alpha value is -2.66. The molecule has 0 saturated carbocycles. The third-order valence-electron chi connectivity index (χ3n) is 3.55. The van der Waals surface area contributed by atoms with Crippen LogP contribution < -0.4 is 4.72 Å². The maximum absolute atomic E-state index is 12.5. The highest BCUT2D eigenvalue weighted by atomic mass is 32.2. The number of anilines is 1. The van der Waals surface area contributed by atoms with Gasteiger partial charge in [0.2, 0.25) is 0 Å². The van der Waals surface area contributed by atoms with Gasteiger partial charge in [-0.1, -0.05) is 42.5 Å². The second-order valence-electron chi connectivity index (χ2n) is 5.25. The van der Waals surface area contributed by atoms with Crippen molar-refractivity contribution in [3.63, 3.8) is 0 Å². The van der Waals surface area contributed by atoms with E-state index in [2.05, 4.69) is 4.72 Å². The number of carbonyl (C=O) groups is 1. The molecule has 0 radical (unpaired) electrons. The first kappa shape index (κ1) is 15.2. The number of ketones is 1. The molecule has 5 heteroatoms. The van der Waals surface area contributed by atoms with E-state index in [4.69, 9.17) is 0 Å². The normalized spacial score (nSPS) is 11.3. The summed E-state index contributed by atoms with van der Waals surface area (Å²) >= 11 is 0. The molecule has 0 spiro atoms. The van der Waals surface area contributed by atoms with E-state index in [0.29, 0.717) is 11.3 Å². The summed E-state index contributed by atoms with van der Waals surface area (Å²) in [4.78, 5) is 11.5. The van der Waals surface area contributed by atoms with Crippen LogP contribution in [0.1, 0.15) is 17.3 Å². The van der Waals surface area contributed by atoms with Crippen molar-refractivity contribution in [1.82, 2.24) is 0 Å². The number of Topliss-reactive ketones (excluding diaryl/α,β-unsaturated/α-hetero) is 1. The largest absolute Gasteiger partial charge is 0.295 e. The van der Waals surface area contributed by atoms with E-state index in [9.17, 15) is 13.2 Å². The molecule has 0 saturated heterocycles. The quantitative estimate of drug-likeness (QED) is 0.741.